The number of aliphatic hydroxyl groups excluding tert-OH is 1. The van der Waals surface area contributed by atoms with Crippen LogP contribution < -0.4 is 4.74 Å². The molecule has 0 saturated heterocycles. The average Bonchev–Trinajstić information content (AvgIpc) is 2.57. The highest BCUT2D eigenvalue weighted by Crippen LogP contribution is 2.25. The minimum atomic E-state index is -0.0781. The van der Waals surface area contributed by atoms with Crippen LogP contribution in [-0.4, -0.2) is 24.9 Å². The minimum Gasteiger partial charge on any atom is -0.420 e. The average molecular weight is 234 g/mol. The van der Waals surface area contributed by atoms with Crippen molar-refractivity contribution in [1.29, 1.82) is 0 Å². The molecule has 2 rings (SSSR count). The van der Waals surface area contributed by atoms with Gasteiger partial charge in [0.05, 0.1) is 12.3 Å². The molecule has 0 aliphatic rings. The van der Waals surface area contributed by atoms with E-state index in [4.69, 9.17) is 9.84 Å². The molecule has 0 bridgehead atoms. The largest absolute Gasteiger partial charge is 0.420 e. The molecule has 2 aromatic heterocycles. The van der Waals surface area contributed by atoms with Crippen molar-refractivity contribution < 1.29 is 9.84 Å². The van der Waals surface area contributed by atoms with Gasteiger partial charge in [-0.1, -0.05) is 0 Å². The molecular formula is C11H14N4O2. The van der Waals surface area contributed by atoms with Crippen molar-refractivity contribution in [3.05, 3.63) is 29.3 Å². The standard InChI is InChI=1S/C11H14N4O2/c1-7-10(8(2)15(3)14-7)17-11-12-4-9(6-16)5-13-11/h4-5,16H,6H2,1-3H3. The van der Waals surface area contributed by atoms with Crippen molar-refractivity contribution in [1.82, 2.24) is 19.7 Å². The maximum absolute atomic E-state index is 8.88. The Morgan fingerprint density at radius 3 is 2.41 bits per heavy atom. The Balaban J connectivity index is 2.25. The van der Waals surface area contributed by atoms with Gasteiger partial charge in [-0.05, 0) is 13.8 Å². The molecule has 90 valence electrons. The Bertz CT molecular complexity index is 519. The van der Waals surface area contributed by atoms with E-state index in [-0.39, 0.29) is 12.6 Å². The summed E-state index contributed by atoms with van der Waals surface area (Å²) < 4.78 is 7.32. The van der Waals surface area contributed by atoms with Crippen LogP contribution in [0.3, 0.4) is 0 Å². The third-order valence-corrected chi connectivity index (χ3v) is 2.50. The van der Waals surface area contributed by atoms with E-state index in [1.807, 2.05) is 20.9 Å². The fourth-order valence-corrected chi connectivity index (χ4v) is 1.47. The zero-order chi connectivity index (χ0) is 12.4. The van der Waals surface area contributed by atoms with Gasteiger partial charge < -0.3 is 9.84 Å². The van der Waals surface area contributed by atoms with Crippen LogP contribution in [0.2, 0.25) is 0 Å². The van der Waals surface area contributed by atoms with Crippen LogP contribution in [0.1, 0.15) is 17.0 Å². The summed E-state index contributed by atoms with van der Waals surface area (Å²) in [6.07, 6.45) is 3.06. The predicted molar refractivity (Wildman–Crippen MR) is 60.7 cm³/mol. The van der Waals surface area contributed by atoms with Crippen LogP contribution in [0, 0.1) is 13.8 Å². The van der Waals surface area contributed by atoms with Crippen molar-refractivity contribution in [3.8, 4) is 11.8 Å². The number of aryl methyl sites for hydroxylation is 2. The summed E-state index contributed by atoms with van der Waals surface area (Å²) in [7, 11) is 1.85. The van der Waals surface area contributed by atoms with Crippen LogP contribution in [0.5, 0.6) is 11.8 Å². The van der Waals surface area contributed by atoms with E-state index in [1.54, 1.807) is 4.68 Å². The summed E-state index contributed by atoms with van der Waals surface area (Å²) >= 11 is 0. The van der Waals surface area contributed by atoms with Gasteiger partial charge in [0.1, 0.15) is 5.69 Å². The first kappa shape index (κ1) is 11.5. The first-order valence-corrected chi connectivity index (χ1v) is 5.21. The van der Waals surface area contributed by atoms with Crippen LogP contribution in [0.15, 0.2) is 12.4 Å². The summed E-state index contributed by atoms with van der Waals surface area (Å²) in [5.41, 5.74) is 2.36. The van der Waals surface area contributed by atoms with Gasteiger partial charge in [-0.15, -0.1) is 0 Å². The molecule has 17 heavy (non-hydrogen) atoms. The Labute approximate surface area is 98.9 Å². The zero-order valence-corrected chi connectivity index (χ0v) is 10.0. The molecule has 0 unspecified atom stereocenters. The summed E-state index contributed by atoms with van der Waals surface area (Å²) in [5.74, 6) is 0.671. The Hall–Kier alpha value is -1.95. The van der Waals surface area contributed by atoms with Gasteiger partial charge >= 0.3 is 6.01 Å². The third kappa shape index (κ3) is 2.26. The van der Waals surface area contributed by atoms with Gasteiger partial charge in [0, 0.05) is 25.0 Å². The highest BCUT2D eigenvalue weighted by molar-refractivity contribution is 5.33. The molecule has 0 saturated carbocycles. The normalized spacial score (nSPS) is 10.6. The van der Waals surface area contributed by atoms with Crippen molar-refractivity contribution in [2.45, 2.75) is 20.5 Å². The van der Waals surface area contributed by atoms with Crippen molar-refractivity contribution >= 4 is 0 Å². The van der Waals surface area contributed by atoms with Gasteiger partial charge in [0.15, 0.2) is 5.75 Å². The Morgan fingerprint density at radius 2 is 1.94 bits per heavy atom. The topological polar surface area (TPSA) is 73.1 Å². The molecule has 0 aliphatic heterocycles. The zero-order valence-electron chi connectivity index (χ0n) is 10.0. The Morgan fingerprint density at radius 1 is 1.29 bits per heavy atom. The highest BCUT2D eigenvalue weighted by atomic mass is 16.5. The molecule has 6 heteroatoms. The quantitative estimate of drug-likeness (QED) is 0.861. The van der Waals surface area contributed by atoms with Crippen molar-refractivity contribution in [2.24, 2.45) is 7.05 Å². The van der Waals surface area contributed by atoms with Gasteiger partial charge in [-0.25, -0.2) is 9.97 Å². The molecule has 1 N–H and O–H groups in total. The van der Waals surface area contributed by atoms with Crippen LogP contribution in [-0.2, 0) is 13.7 Å². The SMILES string of the molecule is Cc1nn(C)c(C)c1Oc1ncc(CO)cn1. The second-order valence-corrected chi connectivity index (χ2v) is 3.76. The van der Waals surface area contributed by atoms with Gasteiger partial charge in [0.25, 0.3) is 0 Å². The van der Waals surface area contributed by atoms with Crippen molar-refractivity contribution in [2.75, 3.05) is 0 Å². The number of nitrogens with zero attached hydrogens (tertiary/aromatic N) is 4. The van der Waals surface area contributed by atoms with Crippen molar-refractivity contribution in [3.63, 3.8) is 0 Å². The van der Waals surface area contributed by atoms with Crippen LogP contribution in [0.25, 0.3) is 0 Å². The second kappa shape index (κ2) is 4.50. The molecule has 0 aromatic carbocycles. The smallest absolute Gasteiger partial charge is 0.322 e. The Kier molecular flexibility index (Phi) is 3.06. The summed E-state index contributed by atoms with van der Waals surface area (Å²) in [6, 6.07) is 0.251. The lowest BCUT2D eigenvalue weighted by Crippen LogP contribution is -1.96. The van der Waals surface area contributed by atoms with Gasteiger partial charge in [-0.2, -0.15) is 5.10 Å². The number of hydrogen-bond acceptors (Lipinski definition) is 5. The maximum Gasteiger partial charge on any atom is 0.322 e. The highest BCUT2D eigenvalue weighted by Gasteiger charge is 2.12. The molecular weight excluding hydrogens is 220 g/mol. The second-order valence-electron chi connectivity index (χ2n) is 3.76. The summed E-state index contributed by atoms with van der Waals surface area (Å²) in [5, 5.41) is 13.1. The van der Waals surface area contributed by atoms with E-state index in [0.717, 1.165) is 11.4 Å². The molecule has 0 radical (unpaired) electrons. The monoisotopic (exact) mass is 234 g/mol. The van der Waals surface area contributed by atoms with E-state index in [9.17, 15) is 0 Å². The fraction of sp³-hybridized carbons (Fsp3) is 0.364. The molecule has 0 amide bonds. The summed E-state index contributed by atoms with van der Waals surface area (Å²) in [6.45, 7) is 3.70. The lowest BCUT2D eigenvalue weighted by atomic mass is 10.3. The van der Waals surface area contributed by atoms with E-state index in [2.05, 4.69) is 15.1 Å². The van der Waals surface area contributed by atoms with E-state index < -0.39 is 0 Å². The summed E-state index contributed by atoms with van der Waals surface area (Å²) in [4.78, 5) is 8.01. The molecule has 2 aromatic rings. The number of aliphatic hydroxyl groups is 1. The number of hydrogen-bond donors (Lipinski definition) is 1. The molecule has 0 fully saturated rings. The van der Waals surface area contributed by atoms with E-state index >= 15 is 0 Å². The number of ether oxygens (including phenoxy) is 1. The molecule has 0 aliphatic carbocycles. The molecule has 0 spiro atoms. The molecule has 0 atom stereocenters. The van der Waals surface area contributed by atoms with Gasteiger partial charge in [0.2, 0.25) is 0 Å². The third-order valence-electron chi connectivity index (χ3n) is 2.50. The fourth-order valence-electron chi connectivity index (χ4n) is 1.47. The maximum atomic E-state index is 8.88. The van der Waals surface area contributed by atoms with Crippen LogP contribution >= 0.6 is 0 Å². The van der Waals surface area contributed by atoms with Gasteiger partial charge in [-0.3, -0.25) is 4.68 Å². The predicted octanol–water partition coefficient (Wildman–Crippen LogP) is 1.11. The number of aromatic nitrogens is 4. The van der Waals surface area contributed by atoms with E-state index in [1.165, 1.54) is 12.4 Å². The lowest BCUT2D eigenvalue weighted by molar-refractivity contribution is 0.280. The lowest BCUT2D eigenvalue weighted by Gasteiger charge is -2.04. The van der Waals surface area contributed by atoms with E-state index in [0.29, 0.717) is 11.3 Å². The molecule has 2 heterocycles. The number of rotatable bonds is 3. The minimum absolute atomic E-state index is 0.0781. The first-order valence-electron chi connectivity index (χ1n) is 5.21. The molecule has 6 nitrogen and oxygen atoms in total. The van der Waals surface area contributed by atoms with Crippen LogP contribution in [0.4, 0.5) is 0 Å². The first-order chi connectivity index (χ1) is 8.11.